The molecule has 0 unspecified atom stereocenters. The van der Waals surface area contributed by atoms with Crippen molar-refractivity contribution in [3.63, 3.8) is 0 Å². The summed E-state index contributed by atoms with van der Waals surface area (Å²) < 4.78 is 34.7. The van der Waals surface area contributed by atoms with Gasteiger partial charge in [0, 0.05) is 12.6 Å². The van der Waals surface area contributed by atoms with Crippen molar-refractivity contribution in [2.75, 3.05) is 18.0 Å². The predicted octanol–water partition coefficient (Wildman–Crippen LogP) is 5.23. The molecule has 2 atom stereocenters. The number of benzene rings is 3. The van der Waals surface area contributed by atoms with Crippen molar-refractivity contribution >= 4 is 27.5 Å². The molecule has 0 aliphatic rings. The van der Waals surface area contributed by atoms with Crippen molar-refractivity contribution in [2.45, 2.75) is 71.0 Å². The summed E-state index contributed by atoms with van der Waals surface area (Å²) in [5.74, 6) is -0.464. The lowest BCUT2D eigenvalue weighted by atomic mass is 10.1. The van der Waals surface area contributed by atoms with Gasteiger partial charge in [0.15, 0.2) is 0 Å². The molecule has 2 amide bonds. The Bertz CT molecular complexity index is 1420. The molecule has 0 fully saturated rings. The number of aryl methyl sites for hydroxylation is 2. The fourth-order valence-electron chi connectivity index (χ4n) is 4.44. The first-order chi connectivity index (χ1) is 19.5. The molecule has 3 aromatic carbocycles. The third-order valence-electron chi connectivity index (χ3n) is 7.10. The van der Waals surface area contributed by atoms with Crippen LogP contribution in [0.15, 0.2) is 77.7 Å². The van der Waals surface area contributed by atoms with Gasteiger partial charge in [0.25, 0.3) is 10.0 Å². The lowest BCUT2D eigenvalue weighted by Gasteiger charge is -2.34. The van der Waals surface area contributed by atoms with E-state index in [1.54, 1.807) is 36.4 Å². The van der Waals surface area contributed by atoms with Gasteiger partial charge in [-0.05, 0) is 63.4 Å². The highest BCUT2D eigenvalue weighted by atomic mass is 32.2. The van der Waals surface area contributed by atoms with E-state index in [1.165, 1.54) is 24.1 Å². The summed E-state index contributed by atoms with van der Waals surface area (Å²) in [6.45, 7) is 9.21. The zero-order chi connectivity index (χ0) is 30.2. The van der Waals surface area contributed by atoms with Crippen molar-refractivity contribution in [3.8, 4) is 5.75 Å². The summed E-state index contributed by atoms with van der Waals surface area (Å²) >= 11 is 0. The number of ether oxygens (including phenoxy) is 1. The summed E-state index contributed by atoms with van der Waals surface area (Å²) in [6, 6.07) is 20.0. The maximum atomic E-state index is 14.2. The number of nitrogens with one attached hydrogen (secondary N) is 1. The lowest BCUT2D eigenvalue weighted by Crippen LogP contribution is -2.53. The Hall–Kier alpha value is -3.85. The molecule has 3 rings (SSSR count). The van der Waals surface area contributed by atoms with Crippen LogP contribution in [0.1, 0.15) is 50.3 Å². The van der Waals surface area contributed by atoms with Gasteiger partial charge in [-0.1, -0.05) is 73.5 Å². The highest BCUT2D eigenvalue weighted by molar-refractivity contribution is 7.92. The third-order valence-corrected chi connectivity index (χ3v) is 8.88. The lowest BCUT2D eigenvalue weighted by molar-refractivity contribution is -0.140. The molecule has 0 bridgehead atoms. The number of anilines is 1. The molecular weight excluding hydrogens is 538 g/mol. The largest absolute Gasteiger partial charge is 0.495 e. The molecular formula is C32H41N3O5S. The topological polar surface area (TPSA) is 96.0 Å². The van der Waals surface area contributed by atoms with Crippen LogP contribution in [0.2, 0.25) is 0 Å². The number of para-hydroxylation sites is 2. The van der Waals surface area contributed by atoms with Crippen LogP contribution >= 0.6 is 0 Å². The number of methoxy groups -OCH3 is 1. The molecule has 9 heteroatoms. The van der Waals surface area contributed by atoms with E-state index in [9.17, 15) is 18.0 Å². The highest BCUT2D eigenvalue weighted by Gasteiger charge is 2.34. The van der Waals surface area contributed by atoms with Gasteiger partial charge in [0.05, 0.1) is 17.7 Å². The van der Waals surface area contributed by atoms with E-state index in [-0.39, 0.29) is 29.1 Å². The normalized spacial score (nSPS) is 12.7. The minimum absolute atomic E-state index is 0.0495. The summed E-state index contributed by atoms with van der Waals surface area (Å²) in [6.07, 6.45) is 1.10. The van der Waals surface area contributed by atoms with E-state index in [0.717, 1.165) is 27.4 Å². The van der Waals surface area contributed by atoms with Crippen LogP contribution in [0.25, 0.3) is 0 Å². The van der Waals surface area contributed by atoms with Crippen LogP contribution in [0.3, 0.4) is 0 Å². The molecule has 0 aliphatic carbocycles. The maximum absolute atomic E-state index is 14.2. The quantitative estimate of drug-likeness (QED) is 0.299. The highest BCUT2D eigenvalue weighted by Crippen LogP contribution is 2.32. The van der Waals surface area contributed by atoms with Crippen LogP contribution in [-0.4, -0.2) is 50.9 Å². The number of amides is 2. The molecule has 0 radical (unpaired) electrons. The Kier molecular flexibility index (Phi) is 10.9. The van der Waals surface area contributed by atoms with Crippen LogP contribution in [0.5, 0.6) is 5.75 Å². The number of sulfonamides is 1. The zero-order valence-corrected chi connectivity index (χ0v) is 25.6. The van der Waals surface area contributed by atoms with Gasteiger partial charge >= 0.3 is 0 Å². The average molecular weight is 580 g/mol. The Labute approximate surface area is 244 Å². The fraction of sp³-hybridized carbons (Fsp3) is 0.375. The molecule has 1 N–H and O–H groups in total. The van der Waals surface area contributed by atoms with E-state index >= 15 is 0 Å². The molecule has 0 aliphatic heterocycles. The summed E-state index contributed by atoms with van der Waals surface area (Å²) in [4.78, 5) is 29.1. The van der Waals surface area contributed by atoms with Crippen LogP contribution in [0.4, 0.5) is 5.69 Å². The molecule has 0 saturated carbocycles. The number of carbonyl (C=O) groups is 2. The first-order valence-corrected chi connectivity index (χ1v) is 15.3. The Morgan fingerprint density at radius 3 is 2.02 bits per heavy atom. The second-order valence-electron chi connectivity index (χ2n) is 10.2. The van der Waals surface area contributed by atoms with Crippen molar-refractivity contribution in [1.29, 1.82) is 0 Å². The number of nitrogens with zero attached hydrogens (tertiary/aromatic N) is 2. The number of hydrogen-bond donors (Lipinski definition) is 1. The molecule has 0 aromatic heterocycles. The first-order valence-electron chi connectivity index (χ1n) is 13.9. The van der Waals surface area contributed by atoms with Crippen molar-refractivity contribution in [3.05, 3.63) is 89.5 Å². The van der Waals surface area contributed by atoms with Gasteiger partial charge < -0.3 is 15.0 Å². The van der Waals surface area contributed by atoms with Gasteiger partial charge in [-0.25, -0.2) is 8.42 Å². The van der Waals surface area contributed by atoms with Crippen molar-refractivity contribution in [2.24, 2.45) is 0 Å². The monoisotopic (exact) mass is 579 g/mol. The minimum atomic E-state index is -4.18. The van der Waals surface area contributed by atoms with E-state index in [1.807, 2.05) is 58.9 Å². The van der Waals surface area contributed by atoms with Crippen molar-refractivity contribution in [1.82, 2.24) is 10.2 Å². The summed E-state index contributed by atoms with van der Waals surface area (Å²) in [7, 11) is -2.73. The number of rotatable bonds is 13. The molecule has 220 valence electrons. The van der Waals surface area contributed by atoms with E-state index in [0.29, 0.717) is 12.2 Å². The van der Waals surface area contributed by atoms with Crippen LogP contribution in [0, 0.1) is 13.8 Å². The Balaban J connectivity index is 2.09. The summed E-state index contributed by atoms with van der Waals surface area (Å²) in [5.41, 5.74) is 3.05. The third kappa shape index (κ3) is 7.88. The smallest absolute Gasteiger partial charge is 0.264 e. The Morgan fingerprint density at radius 1 is 0.878 bits per heavy atom. The standard InChI is InChI=1S/C32H41N3O5S/c1-7-25(5)33-32(37)28(8-2)34(21-26-17-13-23(3)14-18-26)31(36)22-35(29-11-9-10-12-30(29)40-6)41(38,39)27-19-15-24(4)16-20-27/h9-20,25,28H,7-8,21-22H2,1-6H3,(H,33,37)/t25-,28+/m0/s1. The van der Waals surface area contributed by atoms with Gasteiger partial charge in [-0.2, -0.15) is 0 Å². The zero-order valence-electron chi connectivity index (χ0n) is 24.8. The van der Waals surface area contributed by atoms with Crippen molar-refractivity contribution < 1.29 is 22.7 Å². The van der Waals surface area contributed by atoms with E-state index < -0.39 is 28.5 Å². The van der Waals surface area contributed by atoms with Crippen LogP contribution in [-0.2, 0) is 26.2 Å². The van der Waals surface area contributed by atoms with Gasteiger partial charge in [0.1, 0.15) is 18.3 Å². The molecule has 41 heavy (non-hydrogen) atoms. The minimum Gasteiger partial charge on any atom is -0.495 e. The van der Waals surface area contributed by atoms with E-state index in [4.69, 9.17) is 4.74 Å². The Morgan fingerprint density at radius 2 is 1.46 bits per heavy atom. The summed E-state index contributed by atoms with van der Waals surface area (Å²) in [5, 5.41) is 2.99. The second-order valence-corrected chi connectivity index (χ2v) is 12.1. The van der Waals surface area contributed by atoms with Gasteiger partial charge in [0.2, 0.25) is 11.8 Å². The second kappa shape index (κ2) is 14.2. The van der Waals surface area contributed by atoms with Gasteiger partial charge in [-0.3, -0.25) is 13.9 Å². The number of hydrogen-bond acceptors (Lipinski definition) is 5. The average Bonchev–Trinajstić information content (AvgIpc) is 2.96. The van der Waals surface area contributed by atoms with E-state index in [2.05, 4.69) is 5.32 Å². The SMILES string of the molecule is CC[C@H](C(=O)N[C@@H](C)CC)N(Cc1ccc(C)cc1)C(=O)CN(c1ccccc1OC)S(=O)(=O)c1ccc(C)cc1. The molecule has 0 heterocycles. The number of carbonyl (C=O) groups excluding carboxylic acids is 2. The molecule has 0 spiro atoms. The van der Waals surface area contributed by atoms with Gasteiger partial charge in [-0.15, -0.1) is 0 Å². The molecule has 8 nitrogen and oxygen atoms in total. The molecule has 3 aromatic rings. The molecule has 0 saturated heterocycles. The fourth-order valence-corrected chi connectivity index (χ4v) is 5.86. The first kappa shape index (κ1) is 31.7. The maximum Gasteiger partial charge on any atom is 0.264 e. The predicted molar refractivity (Wildman–Crippen MR) is 162 cm³/mol. The van der Waals surface area contributed by atoms with Crippen LogP contribution < -0.4 is 14.4 Å².